The molecule has 1 fully saturated rings. The van der Waals surface area contributed by atoms with Gasteiger partial charge >= 0.3 is 13.7 Å². The molecule has 14 nitrogen and oxygen atoms in total. The molecule has 0 radical (unpaired) electrons. The predicted octanol–water partition coefficient (Wildman–Crippen LogP) is 1.73. The fourth-order valence-electron chi connectivity index (χ4n) is 5.17. The first-order chi connectivity index (χ1) is 20.6. The highest BCUT2D eigenvalue weighted by molar-refractivity contribution is 7.52. The van der Waals surface area contributed by atoms with E-state index < -0.39 is 56.4 Å². The molecule has 1 aromatic carbocycles. The summed E-state index contributed by atoms with van der Waals surface area (Å²) in [4.78, 5) is 16.7. The summed E-state index contributed by atoms with van der Waals surface area (Å²) in [6.45, 7) is 9.11. The Bertz CT molecular complexity index is 1280. The summed E-state index contributed by atoms with van der Waals surface area (Å²) in [6.07, 6.45) is -2.84. The van der Waals surface area contributed by atoms with Gasteiger partial charge in [0.2, 0.25) is 0 Å². The molecular weight excluding hydrogens is 579 g/mol. The van der Waals surface area contributed by atoms with Crippen LogP contribution in [-0.4, -0.2) is 78.4 Å². The summed E-state index contributed by atoms with van der Waals surface area (Å²) in [5.74, 6) is -0.176. The van der Waals surface area contributed by atoms with E-state index >= 15 is 0 Å². The van der Waals surface area contributed by atoms with Gasteiger partial charge in [-0.15, -0.1) is 0 Å². The summed E-state index contributed by atoms with van der Waals surface area (Å²) in [7, 11) is -4.26. The number of para-hydroxylation sites is 1. The molecule has 238 valence electrons. The summed E-state index contributed by atoms with van der Waals surface area (Å²) in [5.41, 5.74) is 8.93. The van der Waals surface area contributed by atoms with E-state index in [1.54, 1.807) is 47.1 Å². The Balaban J connectivity index is 1.53. The molecule has 7 atom stereocenters. The van der Waals surface area contributed by atoms with E-state index in [2.05, 4.69) is 27.5 Å². The quantitative estimate of drug-likeness (QED) is 0.0960. The van der Waals surface area contributed by atoms with E-state index in [4.69, 9.17) is 24.3 Å². The van der Waals surface area contributed by atoms with Crippen LogP contribution in [0.2, 0.25) is 0 Å². The van der Waals surface area contributed by atoms with Crippen LogP contribution in [0.25, 0.3) is 0 Å². The molecule has 0 aliphatic carbocycles. The smallest absolute Gasteiger partial charge is 0.459 e. The van der Waals surface area contributed by atoms with Crippen LogP contribution >= 0.6 is 7.75 Å². The minimum atomic E-state index is -4.26. The van der Waals surface area contributed by atoms with Gasteiger partial charge in [0.05, 0.1) is 44.0 Å². The number of aliphatic imine (C=N–C) groups is 1. The van der Waals surface area contributed by atoms with Crippen LogP contribution in [0.5, 0.6) is 5.75 Å². The summed E-state index contributed by atoms with van der Waals surface area (Å²) < 4.78 is 38.9. The van der Waals surface area contributed by atoms with E-state index in [0.717, 1.165) is 12.8 Å². The van der Waals surface area contributed by atoms with Crippen molar-refractivity contribution in [2.24, 2.45) is 16.6 Å². The number of fused-ring (bicyclic) bond motifs is 1. The lowest BCUT2D eigenvalue weighted by Gasteiger charge is -2.34. The minimum absolute atomic E-state index is 0.106. The number of hydrogen-bond donors (Lipinski definition) is 6. The summed E-state index contributed by atoms with van der Waals surface area (Å²) in [6, 6.07) is 10.8. The number of aromatic nitrogens is 1. The molecule has 2 aliphatic rings. The van der Waals surface area contributed by atoms with Crippen molar-refractivity contribution in [1.82, 2.24) is 15.1 Å². The first kappa shape index (κ1) is 33.1. The number of aliphatic hydroxyl groups is 2. The molecule has 1 aromatic heterocycles. The standard InChI is InChI=1S/C28H43N6O8P/c1-5-19(6-2)14-39-27(37)18(3)33-43(38,42-20-10-8-7-9-11-20)40-15-22-24(35)25(36)28(41-22,16-30-4)23-13-12-21-26(29)31-17-32-34(21)23/h7-13,18-19,22,24-26,31-32,35-36H,4-6,14-17,29H2,1-3H3,(H,33,38)/t18-,22+,24+,25+,26?,28-,43?/m0/s1. The highest BCUT2D eigenvalue weighted by atomic mass is 31.2. The molecule has 4 rings (SSSR count). The van der Waals surface area contributed by atoms with Crippen LogP contribution in [0, 0.1) is 5.92 Å². The maximum atomic E-state index is 14.0. The Morgan fingerprint density at radius 3 is 2.67 bits per heavy atom. The summed E-state index contributed by atoms with van der Waals surface area (Å²) in [5, 5.41) is 28.1. The minimum Gasteiger partial charge on any atom is -0.464 e. The molecule has 2 aliphatic heterocycles. The van der Waals surface area contributed by atoms with Crippen LogP contribution in [-0.2, 0) is 29.0 Å². The molecule has 0 amide bonds. The number of nitrogens with zero attached hydrogens (tertiary/aromatic N) is 2. The summed E-state index contributed by atoms with van der Waals surface area (Å²) >= 11 is 0. The Morgan fingerprint density at radius 2 is 2.00 bits per heavy atom. The van der Waals surface area contributed by atoms with Crippen molar-refractivity contribution in [3.63, 3.8) is 0 Å². The van der Waals surface area contributed by atoms with E-state index in [-0.39, 0.29) is 24.8 Å². The van der Waals surface area contributed by atoms with E-state index in [9.17, 15) is 19.6 Å². The van der Waals surface area contributed by atoms with Crippen molar-refractivity contribution < 1.29 is 38.1 Å². The molecule has 1 saturated heterocycles. The lowest BCUT2D eigenvalue weighted by Crippen LogP contribution is -2.49. The largest absolute Gasteiger partial charge is 0.464 e. The van der Waals surface area contributed by atoms with Crippen molar-refractivity contribution in [3.05, 3.63) is 53.9 Å². The second-order valence-electron chi connectivity index (χ2n) is 10.7. The number of esters is 1. The van der Waals surface area contributed by atoms with E-state index in [1.807, 2.05) is 13.8 Å². The monoisotopic (exact) mass is 622 g/mol. The van der Waals surface area contributed by atoms with Crippen molar-refractivity contribution in [3.8, 4) is 5.75 Å². The number of carbonyl (C=O) groups is 1. The molecule has 2 unspecified atom stereocenters. The lowest BCUT2D eigenvalue weighted by atomic mass is 9.91. The number of carbonyl (C=O) groups excluding carboxylic acids is 1. The van der Waals surface area contributed by atoms with Gasteiger partial charge < -0.3 is 35.4 Å². The third kappa shape index (κ3) is 7.30. The normalized spacial score (nSPS) is 27.1. The molecule has 0 bridgehead atoms. The molecule has 0 saturated carbocycles. The van der Waals surface area contributed by atoms with Crippen LogP contribution in [0.1, 0.15) is 51.2 Å². The number of benzene rings is 1. The number of hydrogen-bond acceptors (Lipinski definition) is 12. The van der Waals surface area contributed by atoms with Gasteiger partial charge in [-0.05, 0) is 43.8 Å². The second-order valence-corrected chi connectivity index (χ2v) is 12.4. The van der Waals surface area contributed by atoms with Crippen LogP contribution in [0.15, 0.2) is 47.5 Å². The first-order valence-electron chi connectivity index (χ1n) is 14.4. The molecule has 43 heavy (non-hydrogen) atoms. The average molecular weight is 623 g/mol. The number of nitrogens with two attached hydrogens (primary N) is 1. The SMILES string of the molecule is C=NC[C@@]1(c2ccc3n2NCNC3N)O[C@H](COP(=O)(N[C@@H](C)C(=O)OCC(CC)CC)Oc2ccccc2)[C@@H](O)[C@H]1O. The number of aliphatic hydroxyl groups excluding tert-OH is 2. The number of ether oxygens (including phenoxy) is 2. The maximum absolute atomic E-state index is 14.0. The van der Waals surface area contributed by atoms with E-state index in [1.165, 1.54) is 6.92 Å². The van der Waals surface area contributed by atoms with Crippen molar-refractivity contribution in [1.29, 1.82) is 0 Å². The zero-order valence-corrected chi connectivity index (χ0v) is 25.6. The zero-order chi connectivity index (χ0) is 31.2. The Kier molecular flexibility index (Phi) is 11.0. The fourth-order valence-corrected chi connectivity index (χ4v) is 6.68. The first-order valence-corrected chi connectivity index (χ1v) is 16.0. The number of rotatable bonds is 15. The third-order valence-electron chi connectivity index (χ3n) is 7.81. The molecule has 3 heterocycles. The van der Waals surface area contributed by atoms with Gasteiger partial charge in [0.25, 0.3) is 0 Å². The Hall–Kier alpha value is -2.81. The highest BCUT2D eigenvalue weighted by Crippen LogP contribution is 2.47. The maximum Gasteiger partial charge on any atom is 0.459 e. The van der Waals surface area contributed by atoms with Crippen LogP contribution in [0.4, 0.5) is 0 Å². The Morgan fingerprint density at radius 1 is 1.28 bits per heavy atom. The van der Waals surface area contributed by atoms with Crippen LogP contribution < -0.4 is 26.1 Å². The van der Waals surface area contributed by atoms with Gasteiger partial charge in [0.1, 0.15) is 30.1 Å². The van der Waals surface area contributed by atoms with Crippen molar-refractivity contribution in [2.75, 3.05) is 31.9 Å². The zero-order valence-electron chi connectivity index (χ0n) is 24.7. The lowest BCUT2D eigenvalue weighted by molar-refractivity contribution is -0.146. The number of nitrogens with one attached hydrogen (secondary N) is 3. The topological polar surface area (TPSA) is 191 Å². The molecular formula is C28H43N6O8P. The van der Waals surface area contributed by atoms with Crippen molar-refractivity contribution >= 4 is 20.4 Å². The molecule has 7 N–H and O–H groups in total. The van der Waals surface area contributed by atoms with E-state index in [0.29, 0.717) is 18.1 Å². The van der Waals surface area contributed by atoms with Gasteiger partial charge in [-0.1, -0.05) is 44.9 Å². The molecule has 15 heteroatoms. The molecule has 0 spiro atoms. The van der Waals surface area contributed by atoms with Gasteiger partial charge in [-0.3, -0.25) is 24.3 Å². The third-order valence-corrected chi connectivity index (χ3v) is 9.46. The highest BCUT2D eigenvalue weighted by Gasteiger charge is 2.57. The van der Waals surface area contributed by atoms with Gasteiger partial charge in [0.15, 0.2) is 5.60 Å². The Labute approximate surface area is 251 Å². The molecule has 2 aromatic rings. The van der Waals surface area contributed by atoms with Crippen molar-refractivity contribution in [2.45, 2.75) is 69.7 Å². The average Bonchev–Trinajstić information content (AvgIpc) is 3.54. The fraction of sp³-hybridized carbons (Fsp3) is 0.571. The second kappa shape index (κ2) is 14.3. The van der Waals surface area contributed by atoms with Gasteiger partial charge in [-0.25, -0.2) is 4.57 Å². The van der Waals surface area contributed by atoms with Gasteiger partial charge in [-0.2, -0.15) is 5.09 Å². The van der Waals surface area contributed by atoms with Gasteiger partial charge in [0, 0.05) is 0 Å². The predicted molar refractivity (Wildman–Crippen MR) is 160 cm³/mol. The van der Waals surface area contributed by atoms with Crippen LogP contribution in [0.3, 0.4) is 0 Å².